The second kappa shape index (κ2) is 5.56. The van der Waals surface area contributed by atoms with Crippen molar-refractivity contribution >= 4 is 17.4 Å². The van der Waals surface area contributed by atoms with Crippen LogP contribution >= 0.6 is 0 Å². The van der Waals surface area contributed by atoms with Gasteiger partial charge >= 0.3 is 5.69 Å². The van der Waals surface area contributed by atoms with Gasteiger partial charge < -0.3 is 9.64 Å². The summed E-state index contributed by atoms with van der Waals surface area (Å²) < 4.78 is 8.16. The van der Waals surface area contributed by atoms with Crippen molar-refractivity contribution in [2.45, 2.75) is 24.7 Å². The molecule has 1 aromatic carbocycles. The summed E-state index contributed by atoms with van der Waals surface area (Å²) in [5, 5.41) is 0. The molecule has 5 rings (SSSR count). The topological polar surface area (TPSA) is 90.6 Å². The van der Waals surface area contributed by atoms with E-state index in [2.05, 4.69) is 0 Å². The predicted molar refractivity (Wildman–Crippen MR) is 104 cm³/mol. The smallest absolute Gasteiger partial charge is 0.333 e. The number of anilines is 1. The van der Waals surface area contributed by atoms with Crippen LogP contribution in [0.3, 0.4) is 0 Å². The molecule has 3 heterocycles. The van der Waals surface area contributed by atoms with Crippen LogP contribution in [0.4, 0.5) is 5.69 Å². The molecule has 0 fully saturated rings. The van der Waals surface area contributed by atoms with E-state index in [1.165, 1.54) is 23.6 Å². The fourth-order valence-electron chi connectivity index (χ4n) is 4.89. The molecule has 1 atom stereocenters. The molecule has 29 heavy (non-hydrogen) atoms. The third-order valence-electron chi connectivity index (χ3n) is 6.24. The van der Waals surface area contributed by atoms with Crippen LogP contribution in [0.25, 0.3) is 0 Å². The van der Waals surface area contributed by atoms with Gasteiger partial charge in [0.2, 0.25) is 11.8 Å². The number of fused-ring (bicyclic) bond motifs is 5. The molecule has 2 aliphatic heterocycles. The fourth-order valence-corrected chi connectivity index (χ4v) is 4.89. The minimum absolute atomic E-state index is 0.0258. The second-order valence-electron chi connectivity index (χ2n) is 7.69. The SMILES string of the molecule is CN1C(=O)C2(C3=C(CCCC3=O)Oc3c2c(=O)n(C)c(=O)n3C)c2ccccc21. The monoisotopic (exact) mass is 393 g/mol. The van der Waals surface area contributed by atoms with Gasteiger partial charge in [-0.15, -0.1) is 0 Å². The molecule has 0 saturated carbocycles. The van der Waals surface area contributed by atoms with Gasteiger partial charge in [0.1, 0.15) is 16.7 Å². The maximum absolute atomic E-state index is 13.8. The number of rotatable bonds is 0. The lowest BCUT2D eigenvalue weighted by molar-refractivity contribution is -0.124. The minimum Gasteiger partial charge on any atom is -0.444 e. The first kappa shape index (κ1) is 17.7. The number of benzene rings is 1. The molecule has 0 bridgehead atoms. The highest BCUT2D eigenvalue weighted by Gasteiger charge is 2.62. The molecule has 0 saturated heterocycles. The molecule has 0 radical (unpaired) electrons. The zero-order valence-electron chi connectivity index (χ0n) is 16.3. The summed E-state index contributed by atoms with van der Waals surface area (Å²) in [4.78, 5) is 54.3. The van der Waals surface area contributed by atoms with Crippen LogP contribution in [0.1, 0.15) is 30.4 Å². The van der Waals surface area contributed by atoms with Gasteiger partial charge in [-0.2, -0.15) is 0 Å². The van der Waals surface area contributed by atoms with Crippen LogP contribution in [0.15, 0.2) is 45.2 Å². The molecule has 2 aromatic rings. The third kappa shape index (κ3) is 1.88. The Morgan fingerprint density at radius 3 is 2.45 bits per heavy atom. The van der Waals surface area contributed by atoms with Gasteiger partial charge in [0.25, 0.3) is 5.56 Å². The van der Waals surface area contributed by atoms with Crippen LogP contribution in [0.2, 0.25) is 0 Å². The average molecular weight is 393 g/mol. The van der Waals surface area contributed by atoms with E-state index in [1.54, 1.807) is 31.3 Å². The van der Waals surface area contributed by atoms with Gasteiger partial charge in [0, 0.05) is 45.2 Å². The molecule has 1 spiro atoms. The standard InChI is InChI=1S/C21H19N3O5/c1-22-12-8-5-4-7-11(12)21(19(22)27)15-13(25)9-6-10-14(15)29-18-16(21)17(26)23(2)20(28)24(18)3/h4-5,7-8H,6,9-10H2,1-3H3. The minimum atomic E-state index is -1.61. The zero-order chi connectivity index (χ0) is 20.7. The second-order valence-corrected chi connectivity index (χ2v) is 7.69. The number of carbonyl (C=O) groups excluding carboxylic acids is 2. The van der Waals surface area contributed by atoms with E-state index in [9.17, 15) is 19.2 Å². The Hall–Kier alpha value is -3.42. The van der Waals surface area contributed by atoms with E-state index in [-0.39, 0.29) is 35.1 Å². The molecular weight excluding hydrogens is 374 g/mol. The van der Waals surface area contributed by atoms with Crippen molar-refractivity contribution in [1.82, 2.24) is 9.13 Å². The Morgan fingerprint density at radius 1 is 0.966 bits per heavy atom. The quantitative estimate of drug-likeness (QED) is 0.659. The first-order valence-electron chi connectivity index (χ1n) is 9.44. The van der Waals surface area contributed by atoms with E-state index < -0.39 is 16.7 Å². The number of hydrogen-bond acceptors (Lipinski definition) is 5. The van der Waals surface area contributed by atoms with E-state index in [4.69, 9.17) is 4.74 Å². The van der Waals surface area contributed by atoms with Crippen LogP contribution in [-0.4, -0.2) is 27.9 Å². The van der Waals surface area contributed by atoms with Crippen molar-refractivity contribution in [3.63, 3.8) is 0 Å². The summed E-state index contributed by atoms with van der Waals surface area (Å²) in [6.07, 6.45) is 1.34. The number of para-hydroxylation sites is 1. The van der Waals surface area contributed by atoms with E-state index in [0.717, 1.165) is 4.57 Å². The van der Waals surface area contributed by atoms with Crippen molar-refractivity contribution in [3.05, 3.63) is 67.6 Å². The average Bonchev–Trinajstić information content (AvgIpc) is 2.93. The number of allylic oxidation sites excluding steroid dienone is 1. The fraction of sp³-hybridized carbons (Fsp3) is 0.333. The van der Waals surface area contributed by atoms with Crippen molar-refractivity contribution in [1.29, 1.82) is 0 Å². The Kier molecular flexibility index (Phi) is 3.39. The number of carbonyl (C=O) groups is 2. The van der Waals surface area contributed by atoms with Crippen LogP contribution < -0.4 is 20.9 Å². The molecule has 3 aliphatic rings. The summed E-state index contributed by atoms with van der Waals surface area (Å²) in [6.45, 7) is 0. The molecule has 148 valence electrons. The van der Waals surface area contributed by atoms with Gasteiger partial charge in [0.05, 0.1) is 5.57 Å². The zero-order valence-corrected chi connectivity index (χ0v) is 16.3. The highest BCUT2D eigenvalue weighted by molar-refractivity contribution is 6.19. The van der Waals surface area contributed by atoms with E-state index in [0.29, 0.717) is 29.9 Å². The summed E-state index contributed by atoms with van der Waals surface area (Å²) in [5.41, 5.74) is -1.34. The van der Waals surface area contributed by atoms with Gasteiger partial charge in [-0.3, -0.25) is 23.5 Å². The third-order valence-corrected chi connectivity index (χ3v) is 6.24. The number of nitrogens with zero attached hydrogens (tertiary/aromatic N) is 3. The highest BCUT2D eigenvalue weighted by Crippen LogP contribution is 2.55. The van der Waals surface area contributed by atoms with Gasteiger partial charge in [-0.25, -0.2) is 4.79 Å². The maximum Gasteiger partial charge on any atom is 0.333 e. The number of Topliss-reactive ketones (excluding diaryl/α,β-unsaturated/α-hetero) is 1. The molecular formula is C21H19N3O5. The number of ketones is 1. The maximum atomic E-state index is 13.8. The van der Waals surface area contributed by atoms with Crippen molar-refractivity contribution < 1.29 is 14.3 Å². The van der Waals surface area contributed by atoms with Gasteiger partial charge in [-0.1, -0.05) is 18.2 Å². The molecule has 0 N–H and O–H groups in total. The Morgan fingerprint density at radius 2 is 1.69 bits per heavy atom. The first-order chi connectivity index (χ1) is 13.8. The van der Waals surface area contributed by atoms with E-state index >= 15 is 0 Å². The normalized spacial score (nSPS) is 22.5. The van der Waals surface area contributed by atoms with Crippen LogP contribution in [0, 0.1) is 0 Å². The lowest BCUT2D eigenvalue weighted by Crippen LogP contribution is -2.53. The first-order valence-corrected chi connectivity index (χ1v) is 9.44. The number of hydrogen-bond donors (Lipinski definition) is 0. The number of likely N-dealkylation sites (N-methyl/N-ethyl adjacent to an activating group) is 1. The number of amides is 1. The van der Waals surface area contributed by atoms with Gasteiger partial charge in [0.15, 0.2) is 5.78 Å². The molecule has 1 aromatic heterocycles. The largest absolute Gasteiger partial charge is 0.444 e. The van der Waals surface area contributed by atoms with E-state index in [1.807, 2.05) is 0 Å². The Balaban J connectivity index is 2.05. The Bertz CT molecular complexity index is 1280. The number of ether oxygens (including phenoxy) is 1. The lowest BCUT2D eigenvalue weighted by Gasteiger charge is -2.38. The van der Waals surface area contributed by atoms with Crippen molar-refractivity contribution in [3.8, 4) is 5.88 Å². The van der Waals surface area contributed by atoms with Crippen molar-refractivity contribution in [2.24, 2.45) is 14.1 Å². The predicted octanol–water partition coefficient (Wildman–Crippen LogP) is 0.746. The molecule has 1 aliphatic carbocycles. The van der Waals surface area contributed by atoms with Gasteiger partial charge in [-0.05, 0) is 12.5 Å². The summed E-state index contributed by atoms with van der Waals surface area (Å²) in [6, 6.07) is 7.14. The lowest BCUT2D eigenvalue weighted by atomic mass is 9.65. The molecule has 1 unspecified atom stereocenters. The molecule has 8 heteroatoms. The van der Waals surface area contributed by atoms with Crippen molar-refractivity contribution in [2.75, 3.05) is 11.9 Å². The van der Waals surface area contributed by atoms with Crippen LogP contribution in [0.5, 0.6) is 5.88 Å². The number of aromatic nitrogens is 2. The molecule has 8 nitrogen and oxygen atoms in total. The highest BCUT2D eigenvalue weighted by atomic mass is 16.5. The summed E-state index contributed by atoms with van der Waals surface area (Å²) in [5.74, 6) is -0.187. The molecule has 1 amide bonds. The summed E-state index contributed by atoms with van der Waals surface area (Å²) >= 11 is 0. The summed E-state index contributed by atoms with van der Waals surface area (Å²) in [7, 11) is 4.49. The Labute approximate surface area is 165 Å². The van der Waals surface area contributed by atoms with Crippen LogP contribution in [-0.2, 0) is 29.1 Å².